The average molecular weight is 391 g/mol. The number of fused-ring (bicyclic) bond motifs is 2. The lowest BCUT2D eigenvalue weighted by Gasteiger charge is -2.33. The molecule has 0 unspecified atom stereocenters. The number of Topliss-reactive ketones (excluding diaryl/α,β-unsaturated/α-hetero) is 1. The molecular formula is C22H21N3O4. The van der Waals surface area contributed by atoms with Gasteiger partial charge in [0.15, 0.2) is 5.78 Å². The zero-order valence-corrected chi connectivity index (χ0v) is 16.0. The number of aryl methyl sites for hydroxylation is 1. The molecule has 4 amide bonds. The number of nitrogens with zero attached hydrogens (tertiary/aromatic N) is 1. The summed E-state index contributed by atoms with van der Waals surface area (Å²) in [7, 11) is 0. The standard InChI is InChI=1S/C22H21N3O4/c1-14(26)16-7-4-9-17(12-16)23-19(27)13-25-20(28)22(24-21(25)29)11-5-8-15-6-2-3-10-18(15)22/h2-4,6-7,9-10,12H,5,8,11,13H2,1H3,(H,23,27)(H,24,29)/t22-/m1/s1. The number of rotatable bonds is 4. The molecule has 29 heavy (non-hydrogen) atoms. The normalized spacial score (nSPS) is 20.4. The third kappa shape index (κ3) is 3.29. The fraction of sp³-hybridized carbons (Fsp3) is 0.273. The first kappa shape index (κ1) is 18.9. The van der Waals surface area contributed by atoms with Crippen molar-refractivity contribution in [1.82, 2.24) is 10.2 Å². The Morgan fingerprint density at radius 3 is 2.72 bits per heavy atom. The molecule has 1 atom stereocenters. The monoisotopic (exact) mass is 391 g/mol. The van der Waals surface area contributed by atoms with Crippen molar-refractivity contribution >= 4 is 29.3 Å². The van der Waals surface area contributed by atoms with Gasteiger partial charge >= 0.3 is 6.03 Å². The van der Waals surface area contributed by atoms with Gasteiger partial charge in [-0.1, -0.05) is 36.4 Å². The Balaban J connectivity index is 1.53. The Kier molecular flexibility index (Phi) is 4.66. The fourth-order valence-corrected chi connectivity index (χ4v) is 4.12. The highest BCUT2D eigenvalue weighted by atomic mass is 16.2. The molecular weight excluding hydrogens is 370 g/mol. The summed E-state index contributed by atoms with van der Waals surface area (Å²) in [6, 6.07) is 13.5. The summed E-state index contributed by atoms with van der Waals surface area (Å²) < 4.78 is 0. The fourth-order valence-electron chi connectivity index (χ4n) is 4.12. The SMILES string of the molecule is CC(=O)c1cccc(NC(=O)CN2C(=O)N[C@@]3(CCCc4ccccc43)C2=O)c1. The van der Waals surface area contributed by atoms with E-state index in [1.807, 2.05) is 24.3 Å². The smallest absolute Gasteiger partial charge is 0.325 e. The Hall–Kier alpha value is -3.48. The van der Waals surface area contributed by atoms with Crippen molar-refractivity contribution in [3.63, 3.8) is 0 Å². The van der Waals surface area contributed by atoms with Crippen molar-refractivity contribution < 1.29 is 19.2 Å². The van der Waals surface area contributed by atoms with E-state index < -0.39 is 23.4 Å². The number of urea groups is 1. The minimum absolute atomic E-state index is 0.117. The van der Waals surface area contributed by atoms with Gasteiger partial charge in [-0.15, -0.1) is 0 Å². The molecule has 7 heteroatoms. The van der Waals surface area contributed by atoms with Crippen molar-refractivity contribution in [2.75, 3.05) is 11.9 Å². The van der Waals surface area contributed by atoms with E-state index in [1.54, 1.807) is 24.3 Å². The second-order valence-corrected chi connectivity index (χ2v) is 7.42. The van der Waals surface area contributed by atoms with Crippen LogP contribution >= 0.6 is 0 Å². The van der Waals surface area contributed by atoms with Crippen LogP contribution in [-0.4, -0.2) is 35.1 Å². The topological polar surface area (TPSA) is 95.6 Å². The van der Waals surface area contributed by atoms with E-state index in [-0.39, 0.29) is 12.3 Å². The third-order valence-electron chi connectivity index (χ3n) is 5.51. The molecule has 148 valence electrons. The minimum atomic E-state index is -1.10. The summed E-state index contributed by atoms with van der Waals surface area (Å²) in [5.74, 6) is -1.02. The van der Waals surface area contributed by atoms with Crippen LogP contribution in [0, 0.1) is 0 Å². The van der Waals surface area contributed by atoms with Crippen molar-refractivity contribution in [1.29, 1.82) is 0 Å². The molecule has 7 nitrogen and oxygen atoms in total. The summed E-state index contributed by atoms with van der Waals surface area (Å²) in [4.78, 5) is 50.7. The van der Waals surface area contributed by atoms with Gasteiger partial charge < -0.3 is 10.6 Å². The molecule has 1 spiro atoms. The maximum atomic E-state index is 13.2. The van der Waals surface area contributed by atoms with Crippen molar-refractivity contribution in [3.05, 3.63) is 65.2 Å². The molecule has 1 saturated heterocycles. The van der Waals surface area contributed by atoms with Crippen LogP contribution in [0.25, 0.3) is 0 Å². The molecule has 2 aromatic rings. The number of imide groups is 1. The minimum Gasteiger partial charge on any atom is -0.325 e. The number of anilines is 1. The van der Waals surface area contributed by atoms with Gasteiger partial charge in [0.2, 0.25) is 5.91 Å². The number of hydrogen-bond acceptors (Lipinski definition) is 4. The second-order valence-electron chi connectivity index (χ2n) is 7.42. The van der Waals surface area contributed by atoms with E-state index in [4.69, 9.17) is 0 Å². The summed E-state index contributed by atoms with van der Waals surface area (Å²) in [5, 5.41) is 5.48. The molecule has 2 aliphatic rings. The van der Waals surface area contributed by atoms with Gasteiger partial charge in [-0.25, -0.2) is 4.79 Å². The number of ketones is 1. The lowest BCUT2D eigenvalue weighted by atomic mass is 9.76. The summed E-state index contributed by atoms with van der Waals surface area (Å²) >= 11 is 0. The van der Waals surface area contributed by atoms with Gasteiger partial charge in [-0.2, -0.15) is 0 Å². The van der Waals surface area contributed by atoms with Crippen molar-refractivity contribution in [2.45, 2.75) is 31.7 Å². The zero-order valence-electron chi connectivity index (χ0n) is 16.0. The van der Waals surface area contributed by atoms with Gasteiger partial charge in [0.1, 0.15) is 12.1 Å². The van der Waals surface area contributed by atoms with E-state index in [0.29, 0.717) is 17.7 Å². The lowest BCUT2D eigenvalue weighted by molar-refractivity contribution is -0.134. The molecule has 1 aliphatic heterocycles. The lowest BCUT2D eigenvalue weighted by Crippen LogP contribution is -2.47. The van der Waals surface area contributed by atoms with E-state index in [1.165, 1.54) is 6.92 Å². The molecule has 2 N–H and O–H groups in total. The van der Waals surface area contributed by atoms with Gasteiger partial charge in [0.25, 0.3) is 5.91 Å². The maximum absolute atomic E-state index is 13.2. The van der Waals surface area contributed by atoms with Crippen LogP contribution in [0.1, 0.15) is 41.3 Å². The Bertz CT molecular complexity index is 1030. The average Bonchev–Trinajstić information content (AvgIpc) is 2.93. The Morgan fingerprint density at radius 2 is 1.93 bits per heavy atom. The molecule has 1 heterocycles. The predicted molar refractivity (Wildman–Crippen MR) is 106 cm³/mol. The van der Waals surface area contributed by atoms with Crippen LogP contribution in [0.4, 0.5) is 10.5 Å². The van der Waals surface area contributed by atoms with Crippen LogP contribution in [0.3, 0.4) is 0 Å². The number of carbonyl (C=O) groups is 4. The van der Waals surface area contributed by atoms with Crippen LogP contribution in [0.2, 0.25) is 0 Å². The van der Waals surface area contributed by atoms with Crippen molar-refractivity contribution in [3.8, 4) is 0 Å². The molecule has 0 saturated carbocycles. The van der Waals surface area contributed by atoms with Gasteiger partial charge in [-0.05, 0) is 49.4 Å². The van der Waals surface area contributed by atoms with Crippen LogP contribution in [-0.2, 0) is 21.5 Å². The van der Waals surface area contributed by atoms with Crippen molar-refractivity contribution in [2.24, 2.45) is 0 Å². The highest BCUT2D eigenvalue weighted by Crippen LogP contribution is 2.39. The van der Waals surface area contributed by atoms with Crippen LogP contribution in [0.15, 0.2) is 48.5 Å². The molecule has 1 aliphatic carbocycles. The van der Waals surface area contributed by atoms with E-state index in [9.17, 15) is 19.2 Å². The quantitative estimate of drug-likeness (QED) is 0.619. The Morgan fingerprint density at radius 1 is 1.14 bits per heavy atom. The number of nitrogens with one attached hydrogen (secondary N) is 2. The Labute approximate surface area is 168 Å². The molecule has 4 rings (SSSR count). The third-order valence-corrected chi connectivity index (χ3v) is 5.51. The number of benzene rings is 2. The first-order valence-electron chi connectivity index (χ1n) is 9.54. The van der Waals surface area contributed by atoms with Crippen LogP contribution in [0.5, 0.6) is 0 Å². The number of amides is 4. The summed E-state index contributed by atoms with van der Waals surface area (Å²) in [5.41, 5.74) is 1.66. The maximum Gasteiger partial charge on any atom is 0.325 e. The molecule has 1 fully saturated rings. The first-order chi connectivity index (χ1) is 13.9. The largest absolute Gasteiger partial charge is 0.325 e. The predicted octanol–water partition coefficient (Wildman–Crippen LogP) is 2.61. The van der Waals surface area contributed by atoms with E-state index >= 15 is 0 Å². The highest BCUT2D eigenvalue weighted by molar-refractivity contribution is 6.10. The van der Waals surface area contributed by atoms with Gasteiger partial charge in [0, 0.05) is 11.3 Å². The van der Waals surface area contributed by atoms with Crippen LogP contribution < -0.4 is 10.6 Å². The molecule has 2 aromatic carbocycles. The van der Waals surface area contributed by atoms with E-state index in [0.717, 1.165) is 28.9 Å². The number of hydrogen-bond donors (Lipinski definition) is 2. The summed E-state index contributed by atoms with van der Waals surface area (Å²) in [6.45, 7) is 1.05. The van der Waals surface area contributed by atoms with E-state index in [2.05, 4.69) is 10.6 Å². The zero-order chi connectivity index (χ0) is 20.6. The first-order valence-corrected chi connectivity index (χ1v) is 9.54. The molecule has 0 aromatic heterocycles. The highest BCUT2D eigenvalue weighted by Gasteiger charge is 2.54. The number of carbonyl (C=O) groups excluding carboxylic acids is 4. The summed E-state index contributed by atoms with van der Waals surface area (Å²) in [6.07, 6.45) is 2.14. The second kappa shape index (κ2) is 7.16. The molecule has 0 bridgehead atoms. The van der Waals surface area contributed by atoms with Gasteiger partial charge in [-0.3, -0.25) is 19.3 Å². The molecule has 0 radical (unpaired) electrons. The van der Waals surface area contributed by atoms with Gasteiger partial charge in [0.05, 0.1) is 0 Å².